The van der Waals surface area contributed by atoms with Crippen molar-refractivity contribution in [3.05, 3.63) is 36.0 Å². The summed E-state index contributed by atoms with van der Waals surface area (Å²) >= 11 is 0. The maximum absolute atomic E-state index is 2.42. The quantitative estimate of drug-likeness (QED) is 0.680. The first kappa shape index (κ1) is 13.2. The molecule has 90 valence electrons. The first-order valence-corrected chi connectivity index (χ1v) is 6.42. The molecule has 16 heavy (non-hydrogen) atoms. The third-order valence-corrected chi connectivity index (χ3v) is 3.14. The van der Waals surface area contributed by atoms with Gasteiger partial charge in [-0.3, -0.25) is 0 Å². The van der Waals surface area contributed by atoms with Crippen molar-refractivity contribution in [2.24, 2.45) is 5.92 Å². The number of rotatable bonds is 5. The van der Waals surface area contributed by atoms with E-state index in [0.29, 0.717) is 0 Å². The van der Waals surface area contributed by atoms with E-state index in [-0.39, 0.29) is 0 Å². The second-order valence-electron chi connectivity index (χ2n) is 4.77. The largest absolute Gasteiger partial charge is 0.309 e. The van der Waals surface area contributed by atoms with Gasteiger partial charge in [-0.1, -0.05) is 37.3 Å². The Balaban J connectivity index is 2.59. The van der Waals surface area contributed by atoms with Gasteiger partial charge in [0, 0.05) is 0 Å². The molecular weight excluding hydrogens is 194 g/mol. The fourth-order valence-corrected chi connectivity index (χ4v) is 2.08. The fraction of sp³-hybridized carbons (Fsp3) is 0.600. The lowest BCUT2D eigenvalue weighted by molar-refractivity contribution is 0.365. The molecule has 0 radical (unpaired) electrons. The van der Waals surface area contributed by atoms with Crippen LogP contribution in [0.5, 0.6) is 0 Å². The van der Waals surface area contributed by atoms with Crippen LogP contribution in [0.1, 0.15) is 32.6 Å². The van der Waals surface area contributed by atoms with Crippen LogP contribution in [0.2, 0.25) is 0 Å². The van der Waals surface area contributed by atoms with Crippen molar-refractivity contribution in [3.8, 4) is 0 Å². The van der Waals surface area contributed by atoms with Gasteiger partial charge in [0.1, 0.15) is 0 Å². The molecule has 0 saturated heterocycles. The molecule has 0 heterocycles. The third-order valence-electron chi connectivity index (χ3n) is 3.14. The van der Waals surface area contributed by atoms with Crippen LogP contribution in [-0.2, 0) is 0 Å². The van der Waals surface area contributed by atoms with Crippen LogP contribution in [0, 0.1) is 5.92 Å². The summed E-state index contributed by atoms with van der Waals surface area (Å²) in [6.45, 7) is 3.48. The van der Waals surface area contributed by atoms with Crippen molar-refractivity contribution in [2.45, 2.75) is 32.6 Å². The minimum atomic E-state index is 0.727. The van der Waals surface area contributed by atoms with Crippen molar-refractivity contribution in [3.63, 3.8) is 0 Å². The molecule has 0 N–H and O–H groups in total. The Morgan fingerprint density at radius 3 is 2.75 bits per heavy atom. The topological polar surface area (TPSA) is 3.24 Å². The monoisotopic (exact) mass is 219 g/mol. The summed E-state index contributed by atoms with van der Waals surface area (Å²) in [6.07, 6.45) is 16.2. The van der Waals surface area contributed by atoms with Crippen LogP contribution in [0.4, 0.5) is 0 Å². The van der Waals surface area contributed by atoms with Gasteiger partial charge in [-0.15, -0.1) is 0 Å². The van der Waals surface area contributed by atoms with Gasteiger partial charge in [-0.2, -0.15) is 0 Å². The zero-order valence-corrected chi connectivity index (χ0v) is 10.9. The lowest BCUT2D eigenvalue weighted by atomic mass is 9.90. The average Bonchev–Trinajstić information content (AvgIpc) is 2.20. The first-order valence-electron chi connectivity index (χ1n) is 6.42. The molecule has 1 aliphatic carbocycles. The minimum Gasteiger partial charge on any atom is -0.309 e. The molecule has 1 aliphatic rings. The van der Waals surface area contributed by atoms with Crippen LogP contribution in [0.3, 0.4) is 0 Å². The molecule has 1 rings (SSSR count). The number of nitrogens with zero attached hydrogens (tertiary/aromatic N) is 1. The molecule has 0 amide bonds. The van der Waals surface area contributed by atoms with Crippen LogP contribution in [-0.4, -0.2) is 25.5 Å². The van der Waals surface area contributed by atoms with E-state index < -0.39 is 0 Å². The van der Waals surface area contributed by atoms with Gasteiger partial charge in [0.2, 0.25) is 0 Å². The number of allylic oxidation sites excluding steroid dienone is 6. The average molecular weight is 219 g/mol. The molecule has 0 saturated carbocycles. The van der Waals surface area contributed by atoms with Crippen molar-refractivity contribution in [2.75, 3.05) is 20.6 Å². The molecule has 0 fully saturated rings. The first-order chi connectivity index (χ1) is 7.74. The molecule has 1 atom stereocenters. The zero-order valence-electron chi connectivity index (χ0n) is 10.9. The Labute approximate surface area is 101 Å². The molecule has 0 aromatic carbocycles. The van der Waals surface area contributed by atoms with Crippen molar-refractivity contribution < 1.29 is 0 Å². The molecule has 1 nitrogen and oxygen atoms in total. The van der Waals surface area contributed by atoms with Crippen molar-refractivity contribution in [1.82, 2.24) is 4.90 Å². The van der Waals surface area contributed by atoms with Gasteiger partial charge in [0.15, 0.2) is 0 Å². The van der Waals surface area contributed by atoms with E-state index in [2.05, 4.69) is 56.3 Å². The Morgan fingerprint density at radius 1 is 1.25 bits per heavy atom. The summed E-state index contributed by atoms with van der Waals surface area (Å²) in [6, 6.07) is 0. The molecule has 0 bridgehead atoms. The van der Waals surface area contributed by atoms with E-state index in [1.807, 2.05) is 0 Å². The number of hydrogen-bond donors (Lipinski definition) is 0. The summed E-state index contributed by atoms with van der Waals surface area (Å²) in [7, 11) is 4.30. The van der Waals surface area contributed by atoms with E-state index in [9.17, 15) is 0 Å². The van der Waals surface area contributed by atoms with Crippen LogP contribution in [0.25, 0.3) is 0 Å². The summed E-state index contributed by atoms with van der Waals surface area (Å²) < 4.78 is 0. The second-order valence-corrected chi connectivity index (χ2v) is 4.77. The smallest absolute Gasteiger partial charge is 0.00190 e. The van der Waals surface area contributed by atoms with Crippen LogP contribution < -0.4 is 0 Å². The maximum Gasteiger partial charge on any atom is -0.00190 e. The zero-order chi connectivity index (χ0) is 11.8. The highest BCUT2D eigenvalue weighted by atomic mass is 15.0. The van der Waals surface area contributed by atoms with Gasteiger partial charge >= 0.3 is 0 Å². The lowest BCUT2D eigenvalue weighted by Crippen LogP contribution is -2.17. The van der Waals surface area contributed by atoms with Gasteiger partial charge in [-0.05, 0) is 57.8 Å². The van der Waals surface area contributed by atoms with Gasteiger partial charge in [0.05, 0.1) is 0 Å². The van der Waals surface area contributed by atoms with E-state index >= 15 is 0 Å². The maximum atomic E-state index is 2.42. The molecule has 1 unspecified atom stereocenters. The summed E-state index contributed by atoms with van der Waals surface area (Å²) in [4.78, 5) is 2.27. The Morgan fingerprint density at radius 2 is 2.06 bits per heavy atom. The molecule has 0 aliphatic heterocycles. The SMILES string of the molecule is CCC(CCN(C)C)C1=CCC/C=C/C=C1. The predicted octanol–water partition coefficient (Wildman–Crippen LogP) is 3.80. The molecule has 0 aromatic rings. The highest BCUT2D eigenvalue weighted by Crippen LogP contribution is 2.22. The Kier molecular flexibility index (Phi) is 6.17. The Bertz CT molecular complexity index is 271. The van der Waals surface area contributed by atoms with E-state index in [4.69, 9.17) is 0 Å². The summed E-state index contributed by atoms with van der Waals surface area (Å²) in [5.74, 6) is 0.727. The van der Waals surface area contributed by atoms with E-state index in [1.54, 1.807) is 0 Å². The van der Waals surface area contributed by atoms with Crippen molar-refractivity contribution >= 4 is 0 Å². The third kappa shape index (κ3) is 4.80. The van der Waals surface area contributed by atoms with Gasteiger partial charge in [-0.25, -0.2) is 0 Å². The van der Waals surface area contributed by atoms with Crippen LogP contribution >= 0.6 is 0 Å². The molecule has 0 spiro atoms. The van der Waals surface area contributed by atoms with Gasteiger partial charge < -0.3 is 4.90 Å². The van der Waals surface area contributed by atoms with E-state index in [1.165, 1.54) is 37.8 Å². The van der Waals surface area contributed by atoms with E-state index in [0.717, 1.165) is 5.92 Å². The molecular formula is C15H25N. The van der Waals surface area contributed by atoms with Gasteiger partial charge in [0.25, 0.3) is 0 Å². The highest BCUT2D eigenvalue weighted by molar-refractivity contribution is 5.26. The normalized spacial score (nSPS) is 20.1. The van der Waals surface area contributed by atoms with Crippen molar-refractivity contribution in [1.29, 1.82) is 0 Å². The number of hydrogen-bond acceptors (Lipinski definition) is 1. The summed E-state index contributed by atoms with van der Waals surface area (Å²) in [5, 5.41) is 0. The standard InChI is InChI=1S/C15H25N/c1-4-14(12-13-16(2)3)15-10-8-6-5-7-9-11-15/h5-6,8,10-11,14H,4,7,9,12-13H2,1-3H3/b6-5+,10-8?,15-11?. The predicted molar refractivity (Wildman–Crippen MR) is 72.5 cm³/mol. The minimum absolute atomic E-state index is 0.727. The fourth-order valence-electron chi connectivity index (χ4n) is 2.08. The highest BCUT2D eigenvalue weighted by Gasteiger charge is 2.10. The Hall–Kier alpha value is -0.820. The second kappa shape index (κ2) is 7.45. The molecule has 1 heteroatoms. The lowest BCUT2D eigenvalue weighted by Gasteiger charge is -2.19. The molecule has 0 aromatic heterocycles. The summed E-state index contributed by atoms with van der Waals surface area (Å²) in [5.41, 5.74) is 1.54. The van der Waals surface area contributed by atoms with Crippen LogP contribution in [0.15, 0.2) is 36.0 Å².